The van der Waals surface area contributed by atoms with Gasteiger partial charge in [-0.3, -0.25) is 0 Å². The van der Waals surface area contributed by atoms with Gasteiger partial charge in [0.2, 0.25) is 0 Å². The molecule has 0 saturated carbocycles. The Kier molecular flexibility index (Phi) is 7.88. The smallest absolute Gasteiger partial charge is 0.260 e. The normalized spacial score (nSPS) is 12.2. The summed E-state index contributed by atoms with van der Waals surface area (Å²) in [5.74, 6) is 3.35. The quantitative estimate of drug-likeness (QED) is 0.164. The van der Waals surface area contributed by atoms with Gasteiger partial charge < -0.3 is 24.3 Å². The molecule has 0 spiro atoms. The molecule has 0 radical (unpaired) electrons. The summed E-state index contributed by atoms with van der Waals surface area (Å²) >= 11 is 0. The molecule has 2 aliphatic rings. The van der Waals surface area contributed by atoms with Gasteiger partial charge in [0.15, 0.2) is 0 Å². The molecule has 0 unspecified atom stereocenters. The van der Waals surface area contributed by atoms with Crippen molar-refractivity contribution in [2.45, 2.75) is 0 Å². The molecule has 0 amide bonds. The van der Waals surface area contributed by atoms with Gasteiger partial charge in [-0.2, -0.15) is 0 Å². The van der Waals surface area contributed by atoms with Crippen molar-refractivity contribution in [2.75, 3.05) is 10.2 Å². The molecule has 1 aromatic heterocycles. The number of nitrogens with zero attached hydrogens (tertiary/aromatic N) is 2. The van der Waals surface area contributed by atoms with Crippen molar-refractivity contribution >= 4 is 73.3 Å². The molecule has 2 aliphatic heterocycles. The highest BCUT2D eigenvalue weighted by Crippen LogP contribution is 2.42. The summed E-state index contributed by atoms with van der Waals surface area (Å²) in [7, 11) is 0. The van der Waals surface area contributed by atoms with E-state index in [1.165, 1.54) is 10.8 Å². The number of hydrogen-bond acceptors (Lipinski definition) is 4. The van der Waals surface area contributed by atoms with E-state index < -0.39 is 0 Å². The van der Waals surface area contributed by atoms with Gasteiger partial charge in [-0.05, 0) is 101 Å². The predicted octanol–water partition coefficient (Wildman–Crippen LogP) is 12.4. The average molecular weight is 770 g/mol. The second kappa shape index (κ2) is 13.9. The molecule has 6 heteroatoms. The third-order valence-corrected chi connectivity index (χ3v) is 11.9. The Bertz CT molecular complexity index is 3200. The summed E-state index contributed by atoms with van der Waals surface area (Å²) in [5.41, 5.74) is 14.1. The molecule has 0 aliphatic carbocycles. The largest absolute Gasteiger partial charge is 0.458 e. The summed E-state index contributed by atoms with van der Waals surface area (Å²) in [4.78, 5) is 2.30. The fraction of sp³-hybridized carbons (Fsp3) is 0. The van der Waals surface area contributed by atoms with Crippen LogP contribution in [0.1, 0.15) is 0 Å². The summed E-state index contributed by atoms with van der Waals surface area (Å²) in [5, 5.41) is 6.19. The fourth-order valence-corrected chi connectivity index (χ4v) is 9.22. The predicted molar refractivity (Wildman–Crippen MR) is 248 cm³/mol. The highest BCUT2D eigenvalue weighted by atomic mass is 16.5. The summed E-state index contributed by atoms with van der Waals surface area (Å²) in [6, 6.07) is 74.8. The van der Waals surface area contributed by atoms with Crippen LogP contribution in [-0.4, -0.2) is 11.3 Å². The fourth-order valence-electron chi connectivity index (χ4n) is 9.22. The van der Waals surface area contributed by atoms with E-state index in [1.54, 1.807) is 0 Å². The third-order valence-electron chi connectivity index (χ3n) is 11.9. The van der Waals surface area contributed by atoms with E-state index in [-0.39, 0.29) is 6.71 Å². The van der Waals surface area contributed by atoms with Crippen molar-refractivity contribution in [3.8, 4) is 39.8 Å². The Morgan fingerprint density at radius 2 is 1.07 bits per heavy atom. The molecule has 5 nitrogen and oxygen atoms in total. The number of ether oxygens (including phenoxy) is 2. The topological polar surface area (TPSA) is 38.7 Å². The Hall–Kier alpha value is -7.96. The number of aromatic nitrogens is 1. The van der Waals surface area contributed by atoms with Crippen LogP contribution in [-0.2, 0) is 0 Å². The summed E-state index contributed by atoms with van der Waals surface area (Å²) < 4.78 is 15.9. The maximum Gasteiger partial charge on any atom is 0.260 e. The Balaban J connectivity index is 1.04. The molecule has 60 heavy (non-hydrogen) atoms. The van der Waals surface area contributed by atoms with E-state index in [4.69, 9.17) is 9.47 Å². The van der Waals surface area contributed by atoms with Crippen LogP contribution < -0.4 is 36.1 Å². The zero-order valence-electron chi connectivity index (χ0n) is 32.5. The molecule has 1 N–H and O–H groups in total. The maximum atomic E-state index is 6.84. The van der Waals surface area contributed by atoms with E-state index in [0.29, 0.717) is 0 Å². The van der Waals surface area contributed by atoms with Crippen LogP contribution in [0.2, 0.25) is 0 Å². The van der Waals surface area contributed by atoms with Crippen LogP contribution in [0, 0.1) is 0 Å². The van der Waals surface area contributed by atoms with Crippen LogP contribution in [0.3, 0.4) is 0 Å². The highest BCUT2D eigenvalue weighted by molar-refractivity contribution is 6.98. The monoisotopic (exact) mass is 769 g/mol. The van der Waals surface area contributed by atoms with Crippen LogP contribution in [0.15, 0.2) is 212 Å². The average Bonchev–Trinajstić information content (AvgIpc) is 3.63. The minimum Gasteiger partial charge on any atom is -0.458 e. The summed E-state index contributed by atoms with van der Waals surface area (Å²) in [6.07, 6.45) is 0. The molecule has 3 heterocycles. The zero-order chi connectivity index (χ0) is 39.6. The minimum absolute atomic E-state index is 0.108. The summed E-state index contributed by atoms with van der Waals surface area (Å²) in [6.45, 7) is -0.108. The number of benzene rings is 9. The van der Waals surface area contributed by atoms with Crippen LogP contribution >= 0.6 is 0 Å². The zero-order valence-corrected chi connectivity index (χ0v) is 32.5. The second-order valence-electron chi connectivity index (χ2n) is 15.4. The molecule has 0 fully saturated rings. The third kappa shape index (κ3) is 5.57. The minimum atomic E-state index is -0.108. The van der Waals surface area contributed by atoms with E-state index in [9.17, 15) is 0 Å². The van der Waals surface area contributed by atoms with Crippen molar-refractivity contribution < 1.29 is 9.47 Å². The van der Waals surface area contributed by atoms with Gasteiger partial charge in [0, 0.05) is 62.0 Å². The lowest BCUT2D eigenvalue weighted by atomic mass is 9.34. The number of nitrogens with one attached hydrogen (secondary N) is 1. The SMILES string of the molecule is c1ccc(Nc2cc(N(c3ccccc3)c3ccccc3)ccc2-c2ccc3c(c2)B2c4cc5c6ccccc6n(-c6ccccc6)c5cc4Oc4cccc(c42)O3)cc1. The maximum absolute atomic E-state index is 6.84. The standard InChI is InChI=1S/C54H36BN3O2/c1-5-16-37(17-6-1)56-47-33-41(57(38-18-7-2-8-19-38)39-20-9-3-10-21-39)29-30-42(47)36-28-31-50-45(32-36)55-46-34-44-43-24-13-14-25-48(43)58(40-22-11-4-12-23-40)49(44)35-53(46)60-52-27-15-26-51(59-50)54(52)55/h1-35,56H. The number of rotatable bonds is 7. The molecule has 9 aromatic carbocycles. The molecule has 12 rings (SSSR count). The molecular weight excluding hydrogens is 733 g/mol. The Morgan fingerprint density at radius 3 is 1.80 bits per heavy atom. The first kappa shape index (κ1) is 34.1. The molecular formula is C54H36BN3O2. The van der Waals surface area contributed by atoms with Gasteiger partial charge in [0.25, 0.3) is 6.71 Å². The number of para-hydroxylation sites is 5. The lowest BCUT2D eigenvalue weighted by Gasteiger charge is -2.33. The number of hydrogen-bond donors (Lipinski definition) is 1. The first-order valence-electron chi connectivity index (χ1n) is 20.4. The van der Waals surface area contributed by atoms with Crippen molar-refractivity contribution in [1.29, 1.82) is 0 Å². The van der Waals surface area contributed by atoms with E-state index >= 15 is 0 Å². The first-order valence-corrected chi connectivity index (χ1v) is 20.4. The van der Waals surface area contributed by atoms with E-state index in [1.807, 2.05) is 12.1 Å². The highest BCUT2D eigenvalue weighted by Gasteiger charge is 2.41. The molecule has 282 valence electrons. The van der Waals surface area contributed by atoms with Gasteiger partial charge in [-0.1, -0.05) is 121 Å². The van der Waals surface area contributed by atoms with Gasteiger partial charge in [-0.25, -0.2) is 0 Å². The number of anilines is 5. The number of fused-ring (bicyclic) bond motifs is 7. The van der Waals surface area contributed by atoms with Gasteiger partial charge >= 0.3 is 0 Å². The van der Waals surface area contributed by atoms with Crippen LogP contribution in [0.4, 0.5) is 28.4 Å². The van der Waals surface area contributed by atoms with Gasteiger partial charge in [0.1, 0.15) is 23.0 Å². The molecule has 10 aromatic rings. The van der Waals surface area contributed by atoms with E-state index in [0.717, 1.165) is 95.7 Å². The van der Waals surface area contributed by atoms with Gasteiger partial charge in [-0.15, -0.1) is 0 Å². The van der Waals surface area contributed by atoms with E-state index in [2.05, 4.69) is 215 Å². The van der Waals surface area contributed by atoms with Crippen molar-refractivity contribution in [2.24, 2.45) is 0 Å². The van der Waals surface area contributed by atoms with Crippen molar-refractivity contribution in [3.63, 3.8) is 0 Å². The van der Waals surface area contributed by atoms with Gasteiger partial charge in [0.05, 0.1) is 11.0 Å². The van der Waals surface area contributed by atoms with Crippen molar-refractivity contribution in [3.05, 3.63) is 212 Å². The lowest BCUT2D eigenvalue weighted by Crippen LogP contribution is -2.57. The Labute approximate surface area is 348 Å². The molecule has 0 atom stereocenters. The molecule has 0 saturated heterocycles. The van der Waals surface area contributed by atoms with Crippen LogP contribution in [0.5, 0.6) is 23.0 Å². The van der Waals surface area contributed by atoms with Crippen LogP contribution in [0.25, 0.3) is 38.6 Å². The lowest BCUT2D eigenvalue weighted by molar-refractivity contribution is 0.465. The first-order chi connectivity index (χ1) is 29.7. The van der Waals surface area contributed by atoms with Crippen molar-refractivity contribution in [1.82, 2.24) is 4.57 Å². The molecule has 0 bridgehead atoms. The Morgan fingerprint density at radius 1 is 0.433 bits per heavy atom. The second-order valence-corrected chi connectivity index (χ2v) is 15.4.